The molecule has 0 amide bonds. The normalized spacial score (nSPS) is 17.0. The summed E-state index contributed by atoms with van der Waals surface area (Å²) < 4.78 is 0. The summed E-state index contributed by atoms with van der Waals surface area (Å²) >= 11 is 0. The number of unbranched alkanes of at least 4 members (excludes halogenated alkanes) is 2. The van der Waals surface area contributed by atoms with Gasteiger partial charge in [-0.15, -0.1) is 23.3 Å². The van der Waals surface area contributed by atoms with E-state index in [1.165, 1.54) is 60.8 Å². The molecular weight excluding hydrogens is 474 g/mol. The van der Waals surface area contributed by atoms with Crippen molar-refractivity contribution < 1.29 is 51.0 Å². The number of hydrogen-bond acceptors (Lipinski definition) is 0. The van der Waals surface area contributed by atoms with E-state index in [0.717, 1.165) is 0 Å². The predicted octanol–water partition coefficient (Wildman–Crippen LogP) is 1.59. The molecule has 29 heavy (non-hydrogen) atoms. The molecule has 2 aromatic carbocycles. The Morgan fingerprint density at radius 1 is 0.655 bits per heavy atom. The third kappa shape index (κ3) is 7.86. The summed E-state index contributed by atoms with van der Waals surface area (Å²) in [6.45, 7) is 4.48. The topological polar surface area (TPSA) is 0 Å². The van der Waals surface area contributed by atoms with E-state index in [-0.39, 0.29) is 51.0 Å². The maximum atomic E-state index is 3.43. The van der Waals surface area contributed by atoms with Crippen molar-refractivity contribution in [1.29, 1.82) is 0 Å². The Kier molecular flexibility index (Phi) is 14.9. The van der Waals surface area contributed by atoms with Gasteiger partial charge in [-0.25, -0.2) is 12.2 Å². The molecule has 152 valence electrons. The van der Waals surface area contributed by atoms with Crippen LogP contribution in [-0.4, -0.2) is 0 Å². The van der Waals surface area contributed by atoms with Crippen molar-refractivity contribution in [3.8, 4) is 0 Å². The van der Waals surface area contributed by atoms with Gasteiger partial charge in [0.15, 0.2) is 0 Å². The van der Waals surface area contributed by atoms with Gasteiger partial charge in [-0.05, 0) is 0 Å². The molecule has 0 nitrogen and oxygen atoms in total. The first-order chi connectivity index (χ1) is 12.8. The Morgan fingerprint density at radius 2 is 1.03 bits per heavy atom. The van der Waals surface area contributed by atoms with Crippen LogP contribution in [0.3, 0.4) is 0 Å². The molecule has 2 aliphatic rings. The Labute approximate surface area is 209 Å². The summed E-state index contributed by atoms with van der Waals surface area (Å²) in [5.74, 6) is 1.13. The first kappa shape index (κ1) is 28.4. The molecule has 0 saturated heterocycles. The standard InChI is InChI=1S/2C13H15.2ClH.Zr/c2*1-2-3-6-11-9-10-12-7-4-5-8-13(11)12;;;/h2*4-5,7-8,10-11H,2-3,6H2,1H3;2*1H;/q2*-1;;;+4/p-2. The van der Waals surface area contributed by atoms with Crippen molar-refractivity contribution in [2.45, 2.75) is 64.2 Å². The molecule has 0 radical (unpaired) electrons. The van der Waals surface area contributed by atoms with Gasteiger partial charge in [0.1, 0.15) is 0 Å². The zero-order chi connectivity index (χ0) is 18.2. The van der Waals surface area contributed by atoms with E-state index in [0.29, 0.717) is 11.8 Å². The molecule has 3 heteroatoms. The smallest absolute Gasteiger partial charge is 1.00 e. The molecule has 2 aromatic rings. The van der Waals surface area contributed by atoms with Crippen LogP contribution >= 0.6 is 0 Å². The number of hydrogen-bond donors (Lipinski definition) is 0. The van der Waals surface area contributed by atoms with Crippen molar-refractivity contribution >= 4 is 12.2 Å². The molecule has 2 unspecified atom stereocenters. The van der Waals surface area contributed by atoms with Crippen LogP contribution in [-0.2, 0) is 26.2 Å². The third-order valence-corrected chi connectivity index (χ3v) is 5.32. The second-order valence-electron chi connectivity index (χ2n) is 7.27. The maximum absolute atomic E-state index is 3.43. The van der Waals surface area contributed by atoms with E-state index in [2.05, 4.69) is 86.7 Å². The second kappa shape index (κ2) is 15.2. The number of allylic oxidation sites excluding steroid dienone is 2. The van der Waals surface area contributed by atoms with Crippen LogP contribution in [0.2, 0.25) is 0 Å². The average molecular weight is 505 g/mol. The summed E-state index contributed by atoms with van der Waals surface area (Å²) in [6.07, 6.45) is 18.8. The molecule has 0 heterocycles. The molecule has 0 spiro atoms. The summed E-state index contributed by atoms with van der Waals surface area (Å²) in [4.78, 5) is 0. The largest absolute Gasteiger partial charge is 4.00 e. The molecule has 0 N–H and O–H groups in total. The van der Waals surface area contributed by atoms with E-state index in [4.69, 9.17) is 0 Å². The summed E-state index contributed by atoms with van der Waals surface area (Å²) in [5.41, 5.74) is 5.67. The molecule has 0 saturated carbocycles. The van der Waals surface area contributed by atoms with Gasteiger partial charge >= 0.3 is 26.2 Å². The number of fused-ring (bicyclic) bond motifs is 2. The van der Waals surface area contributed by atoms with Crippen molar-refractivity contribution in [3.63, 3.8) is 0 Å². The average Bonchev–Trinajstić information content (AvgIpc) is 3.29. The van der Waals surface area contributed by atoms with Gasteiger partial charge in [0, 0.05) is 0 Å². The Morgan fingerprint density at radius 3 is 1.41 bits per heavy atom. The first-order valence-corrected chi connectivity index (χ1v) is 10.2. The van der Waals surface area contributed by atoms with Crippen molar-refractivity contribution in [3.05, 3.63) is 82.9 Å². The summed E-state index contributed by atoms with van der Waals surface area (Å²) in [6, 6.07) is 17.2. The molecule has 2 aliphatic carbocycles. The van der Waals surface area contributed by atoms with Crippen LogP contribution in [0.15, 0.2) is 48.5 Å². The minimum absolute atomic E-state index is 0. The fourth-order valence-electron chi connectivity index (χ4n) is 3.77. The molecular formula is C26H30Cl2Zr. The first-order valence-electron chi connectivity index (χ1n) is 10.2. The van der Waals surface area contributed by atoms with E-state index < -0.39 is 0 Å². The van der Waals surface area contributed by atoms with Gasteiger partial charge in [0.2, 0.25) is 0 Å². The quantitative estimate of drug-likeness (QED) is 0.525. The fraction of sp³-hybridized carbons (Fsp3) is 0.385. The zero-order valence-electron chi connectivity index (χ0n) is 17.4. The van der Waals surface area contributed by atoms with Crippen LogP contribution in [0, 0.1) is 12.2 Å². The Balaban J connectivity index is 0.000000490. The zero-order valence-corrected chi connectivity index (χ0v) is 21.4. The van der Waals surface area contributed by atoms with E-state index in [9.17, 15) is 0 Å². The van der Waals surface area contributed by atoms with E-state index in [1.807, 2.05) is 0 Å². The molecule has 2 atom stereocenters. The van der Waals surface area contributed by atoms with Crippen LogP contribution in [0.25, 0.3) is 12.2 Å². The van der Waals surface area contributed by atoms with Gasteiger partial charge in [-0.3, -0.25) is 12.2 Å². The van der Waals surface area contributed by atoms with E-state index in [1.54, 1.807) is 0 Å². The minimum atomic E-state index is 0. The Hall–Kier alpha value is -0.617. The monoisotopic (exact) mass is 502 g/mol. The molecule has 0 bridgehead atoms. The summed E-state index contributed by atoms with van der Waals surface area (Å²) in [7, 11) is 0. The van der Waals surface area contributed by atoms with Crippen LogP contribution in [0.5, 0.6) is 0 Å². The van der Waals surface area contributed by atoms with Gasteiger partial charge in [-0.2, -0.15) is 11.1 Å². The Bertz CT molecular complexity index is 701. The third-order valence-electron chi connectivity index (χ3n) is 5.32. The van der Waals surface area contributed by atoms with Gasteiger partial charge < -0.3 is 24.8 Å². The number of benzene rings is 2. The molecule has 4 rings (SSSR count). The second-order valence-corrected chi connectivity index (χ2v) is 7.27. The number of rotatable bonds is 6. The fourth-order valence-corrected chi connectivity index (χ4v) is 3.77. The molecule has 0 fully saturated rings. The van der Waals surface area contributed by atoms with Gasteiger partial charge in [-0.1, -0.05) is 101 Å². The molecule has 0 aliphatic heterocycles. The van der Waals surface area contributed by atoms with Gasteiger partial charge in [0.05, 0.1) is 0 Å². The van der Waals surface area contributed by atoms with Crippen LogP contribution in [0.1, 0.15) is 86.5 Å². The van der Waals surface area contributed by atoms with Crippen molar-refractivity contribution in [2.75, 3.05) is 0 Å². The van der Waals surface area contributed by atoms with Crippen LogP contribution < -0.4 is 24.8 Å². The molecule has 0 aromatic heterocycles. The van der Waals surface area contributed by atoms with Crippen molar-refractivity contribution in [1.82, 2.24) is 0 Å². The maximum Gasteiger partial charge on any atom is 4.00 e. The van der Waals surface area contributed by atoms with Gasteiger partial charge in [0.25, 0.3) is 0 Å². The predicted molar refractivity (Wildman–Crippen MR) is 113 cm³/mol. The SMILES string of the molecule is CCCCC1[C-]=Cc2ccccc21.CCCCC1[C-]=Cc2ccccc21.[Cl-].[Cl-].[Zr+4]. The van der Waals surface area contributed by atoms with Crippen molar-refractivity contribution in [2.24, 2.45) is 0 Å². The number of halogens is 2. The van der Waals surface area contributed by atoms with Crippen LogP contribution in [0.4, 0.5) is 0 Å². The summed E-state index contributed by atoms with van der Waals surface area (Å²) in [5, 5.41) is 0. The minimum Gasteiger partial charge on any atom is -1.00 e. The van der Waals surface area contributed by atoms with E-state index >= 15 is 0 Å².